The lowest BCUT2D eigenvalue weighted by Crippen LogP contribution is -2.18. The lowest BCUT2D eigenvalue weighted by Gasteiger charge is -2.16. The molecule has 25 heavy (non-hydrogen) atoms. The van der Waals surface area contributed by atoms with E-state index in [0.29, 0.717) is 12.1 Å². The van der Waals surface area contributed by atoms with E-state index < -0.39 is 0 Å². The first-order valence-electron chi connectivity index (χ1n) is 8.29. The molecule has 1 heterocycles. The van der Waals surface area contributed by atoms with Crippen molar-refractivity contribution in [1.82, 2.24) is 10.3 Å². The molecule has 0 bridgehead atoms. The number of nitrogens with zero attached hydrogens (tertiary/aromatic N) is 1. The summed E-state index contributed by atoms with van der Waals surface area (Å²) in [6.45, 7) is 2.42. The fourth-order valence-electron chi connectivity index (χ4n) is 2.78. The lowest BCUT2D eigenvalue weighted by atomic mass is 10.0. The van der Waals surface area contributed by atoms with Crippen LogP contribution < -0.4 is 5.32 Å². The second-order valence-corrected chi connectivity index (χ2v) is 6.05. The van der Waals surface area contributed by atoms with Crippen molar-refractivity contribution in [2.75, 3.05) is 0 Å². The van der Waals surface area contributed by atoms with Gasteiger partial charge in [0.15, 0.2) is 0 Å². The zero-order valence-electron chi connectivity index (χ0n) is 14.1. The van der Waals surface area contributed by atoms with E-state index in [-0.39, 0.29) is 18.5 Å². The minimum Gasteiger partial charge on any atom is -0.392 e. The Kier molecular flexibility index (Phi) is 5.53. The number of aliphatic hydroxyl groups is 1. The van der Waals surface area contributed by atoms with Crippen LogP contribution in [0, 0.1) is 5.82 Å². The van der Waals surface area contributed by atoms with E-state index >= 15 is 0 Å². The Hall–Kier alpha value is -2.56. The standard InChI is InChI=1S/C21H21FN2O/c1-15(24-13-16-5-6-21(22)20(11-16)14-25)18-3-2-4-19(12-18)17-7-9-23-10-8-17/h2-12,15,24-25H,13-14H2,1H3. The van der Waals surface area contributed by atoms with E-state index in [0.717, 1.165) is 16.7 Å². The van der Waals surface area contributed by atoms with Crippen LogP contribution in [0.15, 0.2) is 67.0 Å². The topological polar surface area (TPSA) is 45.1 Å². The summed E-state index contributed by atoms with van der Waals surface area (Å²) < 4.78 is 13.5. The summed E-state index contributed by atoms with van der Waals surface area (Å²) in [5.74, 6) is -0.371. The average Bonchev–Trinajstić information content (AvgIpc) is 2.68. The Morgan fingerprint density at radius 3 is 2.60 bits per heavy atom. The number of rotatable bonds is 6. The van der Waals surface area contributed by atoms with E-state index in [4.69, 9.17) is 0 Å². The Morgan fingerprint density at radius 2 is 1.84 bits per heavy atom. The summed E-state index contributed by atoms with van der Waals surface area (Å²) in [6.07, 6.45) is 3.58. The maximum Gasteiger partial charge on any atom is 0.128 e. The number of hydrogen-bond donors (Lipinski definition) is 2. The van der Waals surface area contributed by atoms with E-state index in [2.05, 4.69) is 35.4 Å². The normalized spacial score (nSPS) is 12.1. The third kappa shape index (κ3) is 4.29. The van der Waals surface area contributed by atoms with Crippen LogP contribution in [0.4, 0.5) is 4.39 Å². The van der Waals surface area contributed by atoms with Crippen LogP contribution in [0.2, 0.25) is 0 Å². The SMILES string of the molecule is CC(NCc1ccc(F)c(CO)c1)c1cccc(-c2ccncc2)c1. The van der Waals surface area contributed by atoms with Crippen LogP contribution in [0.5, 0.6) is 0 Å². The largest absolute Gasteiger partial charge is 0.392 e. The first-order valence-corrected chi connectivity index (χ1v) is 8.29. The van der Waals surface area contributed by atoms with Crippen LogP contribution >= 0.6 is 0 Å². The van der Waals surface area contributed by atoms with Gasteiger partial charge >= 0.3 is 0 Å². The molecule has 1 atom stereocenters. The van der Waals surface area contributed by atoms with Gasteiger partial charge in [-0.3, -0.25) is 4.98 Å². The first kappa shape index (κ1) is 17.3. The summed E-state index contributed by atoms with van der Waals surface area (Å²) in [4.78, 5) is 4.05. The Balaban J connectivity index is 1.70. The van der Waals surface area contributed by atoms with E-state index in [1.807, 2.05) is 18.2 Å². The molecule has 128 valence electrons. The van der Waals surface area contributed by atoms with Crippen molar-refractivity contribution < 1.29 is 9.50 Å². The van der Waals surface area contributed by atoms with Gasteiger partial charge < -0.3 is 10.4 Å². The van der Waals surface area contributed by atoms with Crippen molar-refractivity contribution in [3.63, 3.8) is 0 Å². The van der Waals surface area contributed by atoms with Crippen molar-refractivity contribution >= 4 is 0 Å². The van der Waals surface area contributed by atoms with Gasteiger partial charge in [-0.1, -0.05) is 24.3 Å². The van der Waals surface area contributed by atoms with Gasteiger partial charge in [-0.15, -0.1) is 0 Å². The minimum absolute atomic E-state index is 0.143. The summed E-state index contributed by atoms with van der Waals surface area (Å²) >= 11 is 0. The molecule has 2 N–H and O–H groups in total. The van der Waals surface area contributed by atoms with Crippen LogP contribution in [-0.2, 0) is 13.2 Å². The van der Waals surface area contributed by atoms with Crippen LogP contribution in [-0.4, -0.2) is 10.1 Å². The molecule has 3 aromatic rings. The third-order valence-electron chi connectivity index (χ3n) is 4.29. The number of aliphatic hydroxyl groups excluding tert-OH is 1. The Morgan fingerprint density at radius 1 is 1.04 bits per heavy atom. The molecule has 0 aliphatic carbocycles. The van der Waals surface area contributed by atoms with Gasteiger partial charge in [-0.2, -0.15) is 0 Å². The van der Waals surface area contributed by atoms with E-state index in [9.17, 15) is 9.50 Å². The Labute approximate surface area is 147 Å². The van der Waals surface area contributed by atoms with Crippen molar-refractivity contribution in [2.24, 2.45) is 0 Å². The van der Waals surface area contributed by atoms with Crippen LogP contribution in [0.1, 0.15) is 29.7 Å². The monoisotopic (exact) mass is 336 g/mol. The number of nitrogens with one attached hydrogen (secondary N) is 1. The number of halogens is 1. The summed E-state index contributed by atoms with van der Waals surface area (Å²) in [5, 5.41) is 12.6. The molecule has 1 unspecified atom stereocenters. The van der Waals surface area contributed by atoms with Gasteiger partial charge in [0.05, 0.1) is 6.61 Å². The van der Waals surface area contributed by atoms with Gasteiger partial charge in [-0.05, 0) is 59.5 Å². The van der Waals surface area contributed by atoms with Gasteiger partial charge in [0.2, 0.25) is 0 Å². The second-order valence-electron chi connectivity index (χ2n) is 6.05. The molecule has 0 aliphatic rings. The average molecular weight is 336 g/mol. The molecule has 0 aliphatic heterocycles. The number of benzene rings is 2. The third-order valence-corrected chi connectivity index (χ3v) is 4.29. The summed E-state index contributed by atoms with van der Waals surface area (Å²) in [7, 11) is 0. The van der Waals surface area contributed by atoms with Crippen LogP contribution in [0.3, 0.4) is 0 Å². The molecular weight excluding hydrogens is 315 g/mol. The fourth-order valence-corrected chi connectivity index (χ4v) is 2.78. The predicted octanol–water partition coefficient (Wildman–Crippen LogP) is 4.23. The fraction of sp³-hybridized carbons (Fsp3) is 0.190. The molecule has 0 amide bonds. The smallest absolute Gasteiger partial charge is 0.128 e. The quantitative estimate of drug-likeness (QED) is 0.708. The first-order chi connectivity index (χ1) is 12.2. The molecule has 0 saturated heterocycles. The molecule has 3 nitrogen and oxygen atoms in total. The highest BCUT2D eigenvalue weighted by atomic mass is 19.1. The highest BCUT2D eigenvalue weighted by molar-refractivity contribution is 5.63. The van der Waals surface area contributed by atoms with Crippen LogP contribution in [0.25, 0.3) is 11.1 Å². The maximum atomic E-state index is 13.5. The summed E-state index contributed by atoms with van der Waals surface area (Å²) in [6, 6.07) is 17.3. The molecule has 4 heteroatoms. The molecule has 0 saturated carbocycles. The van der Waals surface area contributed by atoms with Crippen molar-refractivity contribution in [1.29, 1.82) is 0 Å². The van der Waals surface area contributed by atoms with E-state index in [1.165, 1.54) is 11.6 Å². The number of aromatic nitrogens is 1. The highest BCUT2D eigenvalue weighted by Gasteiger charge is 2.08. The van der Waals surface area contributed by atoms with Gasteiger partial charge in [0.25, 0.3) is 0 Å². The second kappa shape index (κ2) is 8.01. The molecule has 0 spiro atoms. The molecule has 1 aromatic heterocycles. The van der Waals surface area contributed by atoms with E-state index in [1.54, 1.807) is 24.5 Å². The molecule has 0 fully saturated rings. The maximum absolute atomic E-state index is 13.5. The Bertz CT molecular complexity index is 836. The van der Waals surface area contributed by atoms with Gasteiger partial charge in [0.1, 0.15) is 5.82 Å². The molecular formula is C21H21FN2O. The number of hydrogen-bond acceptors (Lipinski definition) is 3. The molecule has 2 aromatic carbocycles. The summed E-state index contributed by atoms with van der Waals surface area (Å²) in [5.41, 5.74) is 4.74. The lowest BCUT2D eigenvalue weighted by molar-refractivity contribution is 0.275. The van der Waals surface area contributed by atoms with Crippen molar-refractivity contribution in [2.45, 2.75) is 26.1 Å². The van der Waals surface area contributed by atoms with Gasteiger partial charge in [-0.25, -0.2) is 4.39 Å². The zero-order chi connectivity index (χ0) is 17.6. The van der Waals surface area contributed by atoms with Crippen molar-refractivity contribution in [3.8, 4) is 11.1 Å². The van der Waals surface area contributed by atoms with Crippen molar-refractivity contribution in [3.05, 3.63) is 89.5 Å². The van der Waals surface area contributed by atoms with Gasteiger partial charge in [0, 0.05) is 30.5 Å². The highest BCUT2D eigenvalue weighted by Crippen LogP contribution is 2.23. The molecule has 3 rings (SSSR count). The molecule has 0 radical (unpaired) electrons. The number of pyridine rings is 1. The minimum atomic E-state index is -0.371. The zero-order valence-corrected chi connectivity index (χ0v) is 14.1. The predicted molar refractivity (Wildman–Crippen MR) is 97.3 cm³/mol.